The van der Waals surface area contributed by atoms with Gasteiger partial charge in [-0.05, 0) is 13.8 Å². The first-order valence-electron chi connectivity index (χ1n) is 5.81. The number of hydrogen-bond donors (Lipinski definition) is 1. The lowest BCUT2D eigenvalue weighted by Crippen LogP contribution is -2.36. The summed E-state index contributed by atoms with van der Waals surface area (Å²) >= 11 is 0. The maximum absolute atomic E-state index is 5.75. The molecular formula is C11H20N4O. The monoisotopic (exact) mass is 224 g/mol. The third kappa shape index (κ3) is 2.54. The van der Waals surface area contributed by atoms with Crippen LogP contribution < -0.4 is 5.73 Å². The van der Waals surface area contributed by atoms with Crippen molar-refractivity contribution < 1.29 is 4.74 Å². The Hall–Kier alpha value is -1.07. The second-order valence-corrected chi connectivity index (χ2v) is 4.49. The van der Waals surface area contributed by atoms with Gasteiger partial charge in [0.15, 0.2) is 0 Å². The van der Waals surface area contributed by atoms with Crippen LogP contribution in [0.2, 0.25) is 0 Å². The largest absolute Gasteiger partial charge is 0.382 e. The van der Waals surface area contributed by atoms with Crippen LogP contribution in [-0.2, 0) is 11.3 Å². The van der Waals surface area contributed by atoms with Crippen LogP contribution in [0.25, 0.3) is 0 Å². The quantitative estimate of drug-likeness (QED) is 0.828. The Morgan fingerprint density at radius 1 is 1.44 bits per heavy atom. The standard InChI is InChI=1S/C11H20N4O/c1-9(2)15-10(7-11(12)13-15)8-14-3-5-16-6-4-14/h7,9H,3-6,8H2,1-2H3,(H2,12,13). The maximum Gasteiger partial charge on any atom is 0.145 e. The molecule has 1 fully saturated rings. The van der Waals surface area contributed by atoms with Gasteiger partial charge >= 0.3 is 0 Å². The van der Waals surface area contributed by atoms with Crippen LogP contribution in [0.1, 0.15) is 25.6 Å². The average molecular weight is 224 g/mol. The summed E-state index contributed by atoms with van der Waals surface area (Å²) in [5, 5.41) is 4.31. The lowest BCUT2D eigenvalue weighted by molar-refractivity contribution is 0.0329. The van der Waals surface area contributed by atoms with Crippen LogP contribution in [0.4, 0.5) is 5.82 Å². The molecule has 0 radical (unpaired) electrons. The molecule has 0 unspecified atom stereocenters. The molecule has 90 valence electrons. The molecule has 0 spiro atoms. The van der Waals surface area contributed by atoms with Gasteiger partial charge < -0.3 is 10.5 Å². The van der Waals surface area contributed by atoms with E-state index in [9.17, 15) is 0 Å². The van der Waals surface area contributed by atoms with Crippen molar-refractivity contribution in [2.45, 2.75) is 26.4 Å². The van der Waals surface area contributed by atoms with Crippen LogP contribution in [0.3, 0.4) is 0 Å². The molecule has 1 aliphatic rings. The molecule has 1 saturated heterocycles. The molecule has 1 aromatic heterocycles. The Bertz CT molecular complexity index is 342. The second kappa shape index (κ2) is 4.84. The Morgan fingerprint density at radius 2 is 2.12 bits per heavy atom. The fraction of sp³-hybridized carbons (Fsp3) is 0.727. The predicted molar refractivity (Wildman–Crippen MR) is 63.1 cm³/mol. The van der Waals surface area contributed by atoms with Crippen molar-refractivity contribution >= 4 is 5.82 Å². The Kier molecular flexibility index (Phi) is 3.46. The van der Waals surface area contributed by atoms with Gasteiger partial charge in [-0.1, -0.05) is 0 Å². The zero-order valence-electron chi connectivity index (χ0n) is 10.0. The highest BCUT2D eigenvalue weighted by Gasteiger charge is 2.15. The molecule has 2 heterocycles. The zero-order valence-corrected chi connectivity index (χ0v) is 10.0. The van der Waals surface area contributed by atoms with E-state index < -0.39 is 0 Å². The van der Waals surface area contributed by atoms with Crippen molar-refractivity contribution in [2.75, 3.05) is 32.0 Å². The van der Waals surface area contributed by atoms with Gasteiger partial charge in [-0.15, -0.1) is 0 Å². The summed E-state index contributed by atoms with van der Waals surface area (Å²) in [5.74, 6) is 0.608. The van der Waals surface area contributed by atoms with Crippen LogP contribution in [0.15, 0.2) is 6.07 Å². The maximum atomic E-state index is 5.75. The summed E-state index contributed by atoms with van der Waals surface area (Å²) in [6, 6.07) is 2.32. The molecule has 16 heavy (non-hydrogen) atoms. The van der Waals surface area contributed by atoms with E-state index in [0.29, 0.717) is 11.9 Å². The first kappa shape index (κ1) is 11.4. The predicted octanol–water partition coefficient (Wildman–Crippen LogP) is 0.878. The molecule has 2 rings (SSSR count). The topological polar surface area (TPSA) is 56.3 Å². The minimum absolute atomic E-state index is 0.355. The lowest BCUT2D eigenvalue weighted by Gasteiger charge is -2.27. The van der Waals surface area contributed by atoms with Crippen molar-refractivity contribution in [1.29, 1.82) is 0 Å². The fourth-order valence-corrected chi connectivity index (χ4v) is 2.01. The Morgan fingerprint density at radius 3 is 2.75 bits per heavy atom. The molecule has 0 amide bonds. The number of nitrogen functional groups attached to an aromatic ring is 1. The van der Waals surface area contributed by atoms with Crippen molar-refractivity contribution in [3.8, 4) is 0 Å². The highest BCUT2D eigenvalue weighted by Crippen LogP contribution is 2.15. The molecular weight excluding hydrogens is 204 g/mol. The molecule has 1 aromatic rings. The number of morpholine rings is 1. The minimum atomic E-state index is 0.355. The van der Waals surface area contributed by atoms with E-state index in [4.69, 9.17) is 10.5 Å². The highest BCUT2D eigenvalue weighted by atomic mass is 16.5. The molecule has 0 aromatic carbocycles. The third-order valence-corrected chi connectivity index (χ3v) is 2.81. The van der Waals surface area contributed by atoms with Gasteiger partial charge in [-0.2, -0.15) is 5.10 Å². The SMILES string of the molecule is CC(C)n1nc(N)cc1CN1CCOCC1. The summed E-state index contributed by atoms with van der Waals surface area (Å²) in [6.07, 6.45) is 0. The first-order valence-corrected chi connectivity index (χ1v) is 5.81. The van der Waals surface area contributed by atoms with E-state index in [1.807, 2.05) is 10.7 Å². The second-order valence-electron chi connectivity index (χ2n) is 4.49. The molecule has 2 N–H and O–H groups in total. The molecule has 0 saturated carbocycles. The normalized spacial score (nSPS) is 18.2. The van der Waals surface area contributed by atoms with Crippen molar-refractivity contribution in [1.82, 2.24) is 14.7 Å². The molecule has 0 atom stereocenters. The van der Waals surface area contributed by atoms with E-state index in [2.05, 4.69) is 23.8 Å². The van der Waals surface area contributed by atoms with Gasteiger partial charge in [-0.25, -0.2) is 0 Å². The molecule has 0 aliphatic carbocycles. The van der Waals surface area contributed by atoms with E-state index in [0.717, 1.165) is 32.8 Å². The average Bonchev–Trinajstić information content (AvgIpc) is 2.61. The molecule has 5 nitrogen and oxygen atoms in total. The van der Waals surface area contributed by atoms with Gasteiger partial charge in [0.1, 0.15) is 5.82 Å². The van der Waals surface area contributed by atoms with Crippen LogP contribution >= 0.6 is 0 Å². The smallest absolute Gasteiger partial charge is 0.145 e. The van der Waals surface area contributed by atoms with Crippen molar-refractivity contribution in [3.63, 3.8) is 0 Å². The number of nitrogens with zero attached hydrogens (tertiary/aromatic N) is 3. The summed E-state index contributed by atoms with van der Waals surface area (Å²) in [5.41, 5.74) is 6.94. The summed E-state index contributed by atoms with van der Waals surface area (Å²) in [6.45, 7) is 8.78. The molecule has 1 aliphatic heterocycles. The fourth-order valence-electron chi connectivity index (χ4n) is 2.01. The summed E-state index contributed by atoms with van der Waals surface area (Å²) in [7, 11) is 0. The molecule has 5 heteroatoms. The van der Waals surface area contributed by atoms with Crippen molar-refractivity contribution in [3.05, 3.63) is 11.8 Å². The number of hydrogen-bond acceptors (Lipinski definition) is 4. The third-order valence-electron chi connectivity index (χ3n) is 2.81. The summed E-state index contributed by atoms with van der Waals surface area (Å²) in [4.78, 5) is 2.37. The van der Waals surface area contributed by atoms with Crippen molar-refractivity contribution in [2.24, 2.45) is 0 Å². The number of anilines is 1. The number of rotatable bonds is 3. The zero-order chi connectivity index (χ0) is 11.5. The first-order chi connectivity index (χ1) is 7.66. The molecule has 0 bridgehead atoms. The van der Waals surface area contributed by atoms with E-state index in [-0.39, 0.29) is 0 Å². The highest BCUT2D eigenvalue weighted by molar-refractivity contribution is 5.29. The minimum Gasteiger partial charge on any atom is -0.382 e. The Balaban J connectivity index is 2.07. The van der Waals surface area contributed by atoms with E-state index >= 15 is 0 Å². The Labute approximate surface area is 96.2 Å². The lowest BCUT2D eigenvalue weighted by atomic mass is 10.3. The van der Waals surface area contributed by atoms with Crippen LogP contribution in [0, 0.1) is 0 Å². The van der Waals surface area contributed by atoms with Gasteiger partial charge in [0.2, 0.25) is 0 Å². The number of aromatic nitrogens is 2. The number of ether oxygens (including phenoxy) is 1. The van der Waals surface area contributed by atoms with Crippen LogP contribution in [0.5, 0.6) is 0 Å². The van der Waals surface area contributed by atoms with Gasteiger partial charge in [0.25, 0.3) is 0 Å². The van der Waals surface area contributed by atoms with Gasteiger partial charge in [-0.3, -0.25) is 9.58 Å². The summed E-state index contributed by atoms with van der Waals surface area (Å²) < 4.78 is 7.34. The van der Waals surface area contributed by atoms with E-state index in [1.54, 1.807) is 0 Å². The van der Waals surface area contributed by atoms with E-state index in [1.165, 1.54) is 5.69 Å². The van der Waals surface area contributed by atoms with Crippen LogP contribution in [-0.4, -0.2) is 41.0 Å². The number of nitrogens with two attached hydrogens (primary N) is 1. The van der Waals surface area contributed by atoms with Gasteiger partial charge in [0.05, 0.1) is 18.9 Å². The van der Waals surface area contributed by atoms with Gasteiger partial charge in [0, 0.05) is 31.7 Å².